The predicted octanol–water partition coefficient (Wildman–Crippen LogP) is 0.811. The largest absolute Gasteiger partial charge is 0.386 e. The van der Waals surface area contributed by atoms with E-state index < -0.39 is 15.6 Å². The van der Waals surface area contributed by atoms with E-state index in [0.29, 0.717) is 12.8 Å². The number of sulfonamides is 1. The van der Waals surface area contributed by atoms with E-state index in [-0.39, 0.29) is 17.5 Å². The molecule has 0 heterocycles. The van der Waals surface area contributed by atoms with Crippen LogP contribution in [-0.4, -0.2) is 25.5 Å². The molecule has 0 aromatic heterocycles. The molecule has 1 aliphatic carbocycles. The Hall–Kier alpha value is -0.620. The summed E-state index contributed by atoms with van der Waals surface area (Å²) in [6.07, 6.45) is 3.12. The Morgan fingerprint density at radius 3 is 2.31 bits per heavy atom. The molecule has 1 saturated carbocycles. The summed E-state index contributed by atoms with van der Waals surface area (Å²) < 4.78 is 26.3. The van der Waals surface area contributed by atoms with Crippen molar-refractivity contribution < 1.29 is 8.42 Å². The van der Waals surface area contributed by atoms with E-state index in [0.717, 1.165) is 12.8 Å². The lowest BCUT2D eigenvalue weighted by molar-refractivity contribution is 0.491. The van der Waals surface area contributed by atoms with Crippen molar-refractivity contribution in [2.45, 2.75) is 45.1 Å². The first-order valence-corrected chi connectivity index (χ1v) is 7.29. The van der Waals surface area contributed by atoms with Gasteiger partial charge in [0.25, 0.3) is 0 Å². The van der Waals surface area contributed by atoms with E-state index in [1.54, 1.807) is 0 Å². The highest BCUT2D eigenvalue weighted by molar-refractivity contribution is 7.89. The molecule has 0 bridgehead atoms. The van der Waals surface area contributed by atoms with Crippen LogP contribution < -0.4 is 10.5 Å². The van der Waals surface area contributed by atoms with E-state index >= 15 is 0 Å². The molecule has 94 valence electrons. The third-order valence-corrected chi connectivity index (χ3v) is 4.68. The molecule has 0 amide bonds. The summed E-state index contributed by atoms with van der Waals surface area (Å²) in [6, 6.07) is 0. The Balaban J connectivity index is 2.81. The fourth-order valence-electron chi connectivity index (χ4n) is 2.18. The van der Waals surface area contributed by atoms with Gasteiger partial charge in [0, 0.05) is 0 Å². The molecule has 0 atom stereocenters. The van der Waals surface area contributed by atoms with Gasteiger partial charge < -0.3 is 5.73 Å². The Morgan fingerprint density at radius 1 is 1.44 bits per heavy atom. The Morgan fingerprint density at radius 2 is 1.94 bits per heavy atom. The van der Waals surface area contributed by atoms with Crippen LogP contribution in [0.3, 0.4) is 0 Å². The van der Waals surface area contributed by atoms with Crippen LogP contribution in [0.4, 0.5) is 0 Å². The number of rotatable bonds is 5. The van der Waals surface area contributed by atoms with Gasteiger partial charge in [-0.2, -0.15) is 0 Å². The first kappa shape index (κ1) is 13.4. The summed E-state index contributed by atoms with van der Waals surface area (Å²) in [6.45, 7) is 3.71. The maximum Gasteiger partial charge on any atom is 0.212 e. The molecule has 5 nitrogen and oxygen atoms in total. The molecular weight excluding hydrogens is 226 g/mol. The van der Waals surface area contributed by atoms with Gasteiger partial charge >= 0.3 is 0 Å². The molecular formula is C10H21N3O2S. The smallest absolute Gasteiger partial charge is 0.212 e. The molecule has 0 saturated heterocycles. The lowest BCUT2D eigenvalue weighted by Gasteiger charge is -2.28. The molecule has 1 fully saturated rings. The number of nitrogens with one attached hydrogen (secondary N) is 2. The van der Waals surface area contributed by atoms with Gasteiger partial charge in [-0.3, -0.25) is 5.41 Å². The number of hydrogen-bond acceptors (Lipinski definition) is 3. The summed E-state index contributed by atoms with van der Waals surface area (Å²) >= 11 is 0. The molecule has 6 heteroatoms. The molecule has 4 N–H and O–H groups in total. The van der Waals surface area contributed by atoms with Crippen molar-refractivity contribution in [1.29, 1.82) is 5.41 Å². The van der Waals surface area contributed by atoms with Gasteiger partial charge in [0.15, 0.2) is 0 Å². The molecule has 0 aromatic carbocycles. The van der Waals surface area contributed by atoms with Gasteiger partial charge in [0.2, 0.25) is 10.0 Å². The zero-order valence-electron chi connectivity index (χ0n) is 9.91. The highest BCUT2D eigenvalue weighted by atomic mass is 32.2. The van der Waals surface area contributed by atoms with Crippen molar-refractivity contribution in [2.75, 3.05) is 5.75 Å². The third kappa shape index (κ3) is 3.18. The van der Waals surface area contributed by atoms with Gasteiger partial charge in [0.05, 0.1) is 11.3 Å². The van der Waals surface area contributed by atoms with Crippen LogP contribution in [0.2, 0.25) is 0 Å². The molecule has 0 radical (unpaired) electrons. The molecule has 0 unspecified atom stereocenters. The van der Waals surface area contributed by atoms with Crippen molar-refractivity contribution in [3.8, 4) is 0 Å². The summed E-state index contributed by atoms with van der Waals surface area (Å²) in [5.74, 6) is 0.0995. The van der Waals surface area contributed by atoms with Gasteiger partial charge in [0.1, 0.15) is 5.84 Å². The van der Waals surface area contributed by atoms with Crippen LogP contribution in [0.25, 0.3) is 0 Å². The summed E-state index contributed by atoms with van der Waals surface area (Å²) in [4.78, 5) is 0. The Bertz CT molecular complexity index is 356. The van der Waals surface area contributed by atoms with Gasteiger partial charge in [-0.15, -0.1) is 0 Å². The van der Waals surface area contributed by atoms with Crippen LogP contribution in [-0.2, 0) is 10.0 Å². The van der Waals surface area contributed by atoms with Crippen molar-refractivity contribution >= 4 is 15.9 Å². The van der Waals surface area contributed by atoms with E-state index in [9.17, 15) is 8.42 Å². The molecule has 1 aliphatic rings. The standard InChI is InChI=1S/C10H21N3O2S/c1-8(2)7-16(14,15)13-10(9(11)12)5-3-4-6-10/h8,13H,3-7H2,1-2H3,(H3,11,12). The zero-order chi connectivity index (χ0) is 12.4. The van der Waals surface area contributed by atoms with Crippen molar-refractivity contribution in [3.63, 3.8) is 0 Å². The fraction of sp³-hybridized carbons (Fsp3) is 0.900. The highest BCUT2D eigenvalue weighted by Crippen LogP contribution is 2.30. The van der Waals surface area contributed by atoms with Gasteiger partial charge in [-0.05, 0) is 18.8 Å². The Labute approximate surface area is 97.4 Å². The average Bonchev–Trinajstić information content (AvgIpc) is 2.50. The Kier molecular flexibility index (Phi) is 3.96. The lowest BCUT2D eigenvalue weighted by Crippen LogP contribution is -2.55. The third-order valence-electron chi connectivity index (χ3n) is 2.88. The second-order valence-electron chi connectivity index (χ2n) is 4.98. The number of nitrogens with two attached hydrogens (primary N) is 1. The maximum absolute atomic E-state index is 11.8. The van der Waals surface area contributed by atoms with Crippen molar-refractivity contribution in [3.05, 3.63) is 0 Å². The maximum atomic E-state index is 11.8. The van der Waals surface area contributed by atoms with Crippen LogP contribution in [0, 0.1) is 11.3 Å². The molecule has 1 rings (SSSR count). The van der Waals surface area contributed by atoms with Crippen LogP contribution in [0.5, 0.6) is 0 Å². The van der Waals surface area contributed by atoms with Gasteiger partial charge in [-0.1, -0.05) is 26.7 Å². The number of amidine groups is 1. The zero-order valence-corrected chi connectivity index (χ0v) is 10.7. The first-order chi connectivity index (χ1) is 7.27. The molecule has 0 spiro atoms. The van der Waals surface area contributed by atoms with Crippen molar-refractivity contribution in [2.24, 2.45) is 11.7 Å². The SMILES string of the molecule is CC(C)CS(=O)(=O)NC1(C(=N)N)CCCC1. The lowest BCUT2D eigenvalue weighted by atomic mass is 9.98. The molecule has 16 heavy (non-hydrogen) atoms. The van der Waals surface area contributed by atoms with Crippen LogP contribution in [0.15, 0.2) is 0 Å². The summed E-state index contributed by atoms with van der Waals surface area (Å²) in [7, 11) is -3.34. The van der Waals surface area contributed by atoms with Crippen LogP contribution in [0.1, 0.15) is 39.5 Å². The minimum absolute atomic E-state index is 0.0580. The van der Waals surface area contributed by atoms with Gasteiger partial charge in [-0.25, -0.2) is 13.1 Å². The van der Waals surface area contributed by atoms with E-state index in [4.69, 9.17) is 11.1 Å². The van der Waals surface area contributed by atoms with E-state index in [1.807, 2.05) is 13.8 Å². The second-order valence-corrected chi connectivity index (χ2v) is 6.75. The second kappa shape index (κ2) is 4.71. The minimum Gasteiger partial charge on any atom is -0.386 e. The average molecular weight is 247 g/mol. The topological polar surface area (TPSA) is 96.0 Å². The molecule has 0 aromatic rings. The fourth-order valence-corrected chi connectivity index (χ4v) is 4.05. The summed E-state index contributed by atoms with van der Waals surface area (Å²) in [5.41, 5.74) is 4.72. The first-order valence-electron chi connectivity index (χ1n) is 5.63. The highest BCUT2D eigenvalue weighted by Gasteiger charge is 2.40. The van der Waals surface area contributed by atoms with Crippen molar-refractivity contribution in [1.82, 2.24) is 4.72 Å². The van der Waals surface area contributed by atoms with E-state index in [2.05, 4.69) is 4.72 Å². The molecule has 0 aliphatic heterocycles. The number of hydrogen-bond donors (Lipinski definition) is 3. The predicted molar refractivity (Wildman–Crippen MR) is 64.9 cm³/mol. The summed E-state index contributed by atoms with van der Waals surface area (Å²) in [5, 5.41) is 7.55. The van der Waals surface area contributed by atoms with Crippen LogP contribution >= 0.6 is 0 Å². The normalized spacial score (nSPS) is 20.2. The quantitative estimate of drug-likeness (QED) is 0.495. The monoisotopic (exact) mass is 247 g/mol. The minimum atomic E-state index is -3.34. The van der Waals surface area contributed by atoms with E-state index in [1.165, 1.54) is 0 Å².